The smallest absolute Gasteiger partial charge is 0.254 e. The maximum absolute atomic E-state index is 12.9. The third-order valence-corrected chi connectivity index (χ3v) is 2.58. The highest BCUT2D eigenvalue weighted by Gasteiger charge is 2.13. The Morgan fingerprint density at radius 2 is 1.88 bits per heavy atom. The summed E-state index contributed by atoms with van der Waals surface area (Å²) >= 11 is 0. The molecule has 0 unspecified atom stereocenters. The predicted octanol–water partition coefficient (Wildman–Crippen LogP) is 2.70. The molecule has 1 aromatic heterocycles. The fraction of sp³-hybridized carbons (Fsp3) is 0.231. The van der Waals surface area contributed by atoms with Crippen molar-refractivity contribution in [3.63, 3.8) is 0 Å². The molecule has 1 N–H and O–H groups in total. The number of aromatic amines is 1. The van der Waals surface area contributed by atoms with Crippen molar-refractivity contribution in [2.75, 3.05) is 0 Å². The summed E-state index contributed by atoms with van der Waals surface area (Å²) in [5.41, 5.74) is 1.85. The fourth-order valence-electron chi connectivity index (χ4n) is 1.78. The van der Waals surface area contributed by atoms with E-state index in [1.807, 2.05) is 13.8 Å². The van der Waals surface area contributed by atoms with Crippen LogP contribution in [0.2, 0.25) is 0 Å². The Bertz CT molecular complexity index is 573. The molecular formula is C13H13FN2O. The second-order valence-corrected chi connectivity index (χ2v) is 4.16. The summed E-state index contributed by atoms with van der Waals surface area (Å²) in [6.07, 6.45) is 1.37. The molecule has 0 aliphatic rings. The molecular weight excluding hydrogens is 219 g/mol. The van der Waals surface area contributed by atoms with Gasteiger partial charge in [-0.05, 0) is 30.2 Å². The quantitative estimate of drug-likeness (QED) is 0.865. The van der Waals surface area contributed by atoms with Gasteiger partial charge in [0.25, 0.3) is 5.56 Å². The molecule has 0 saturated heterocycles. The van der Waals surface area contributed by atoms with E-state index >= 15 is 0 Å². The number of H-pyrrole nitrogens is 1. The Morgan fingerprint density at radius 3 is 2.47 bits per heavy atom. The standard InChI is InChI=1S/C13H13FN2O/c1-8(2)11-12(15-7-16-13(11)17)9-3-5-10(14)6-4-9/h3-8H,1-2H3,(H,15,16,17). The van der Waals surface area contributed by atoms with E-state index in [4.69, 9.17) is 0 Å². The molecule has 0 saturated carbocycles. The zero-order chi connectivity index (χ0) is 12.4. The molecule has 0 spiro atoms. The van der Waals surface area contributed by atoms with Crippen LogP contribution in [0.5, 0.6) is 0 Å². The van der Waals surface area contributed by atoms with Crippen molar-refractivity contribution in [2.45, 2.75) is 19.8 Å². The Labute approximate surface area is 98.3 Å². The zero-order valence-corrected chi connectivity index (χ0v) is 9.70. The summed E-state index contributed by atoms with van der Waals surface area (Å²) in [4.78, 5) is 18.5. The molecule has 1 aromatic carbocycles. The second-order valence-electron chi connectivity index (χ2n) is 4.16. The SMILES string of the molecule is CC(C)c1c(-c2ccc(F)cc2)nc[nH]c1=O. The molecule has 3 nitrogen and oxygen atoms in total. The second kappa shape index (κ2) is 4.49. The maximum atomic E-state index is 12.9. The molecule has 4 heteroatoms. The first-order valence-electron chi connectivity index (χ1n) is 5.43. The molecule has 0 radical (unpaired) electrons. The van der Waals surface area contributed by atoms with Gasteiger partial charge in [0.2, 0.25) is 0 Å². The van der Waals surface area contributed by atoms with E-state index in [2.05, 4.69) is 9.97 Å². The number of aromatic nitrogens is 2. The number of hydrogen-bond donors (Lipinski definition) is 1. The minimum atomic E-state index is -0.301. The van der Waals surface area contributed by atoms with Gasteiger partial charge in [0.05, 0.1) is 12.0 Å². The lowest BCUT2D eigenvalue weighted by Crippen LogP contribution is -2.16. The van der Waals surface area contributed by atoms with Crippen LogP contribution in [-0.4, -0.2) is 9.97 Å². The van der Waals surface area contributed by atoms with E-state index in [1.54, 1.807) is 12.1 Å². The van der Waals surface area contributed by atoms with Crippen LogP contribution in [0, 0.1) is 5.82 Å². The van der Waals surface area contributed by atoms with Crippen LogP contribution >= 0.6 is 0 Å². The van der Waals surface area contributed by atoms with Gasteiger partial charge < -0.3 is 4.98 Å². The van der Waals surface area contributed by atoms with E-state index in [9.17, 15) is 9.18 Å². The first kappa shape index (κ1) is 11.5. The van der Waals surface area contributed by atoms with E-state index in [-0.39, 0.29) is 17.3 Å². The summed E-state index contributed by atoms with van der Waals surface area (Å²) in [6.45, 7) is 3.86. The molecule has 0 aliphatic heterocycles. The molecule has 88 valence electrons. The van der Waals surface area contributed by atoms with Gasteiger partial charge in [-0.25, -0.2) is 9.37 Å². The van der Waals surface area contributed by atoms with Crippen LogP contribution in [-0.2, 0) is 0 Å². The van der Waals surface area contributed by atoms with E-state index in [0.717, 1.165) is 5.56 Å². The van der Waals surface area contributed by atoms with E-state index in [0.29, 0.717) is 11.3 Å². The van der Waals surface area contributed by atoms with Gasteiger partial charge in [-0.3, -0.25) is 4.79 Å². The molecule has 2 rings (SSSR count). The average Bonchev–Trinajstić information content (AvgIpc) is 2.29. The van der Waals surface area contributed by atoms with E-state index in [1.165, 1.54) is 18.5 Å². The molecule has 0 atom stereocenters. The van der Waals surface area contributed by atoms with Crippen LogP contribution < -0.4 is 5.56 Å². The van der Waals surface area contributed by atoms with Gasteiger partial charge in [0, 0.05) is 11.1 Å². The summed E-state index contributed by atoms with van der Waals surface area (Å²) in [5, 5.41) is 0. The number of hydrogen-bond acceptors (Lipinski definition) is 2. The summed E-state index contributed by atoms with van der Waals surface area (Å²) in [7, 11) is 0. The van der Waals surface area contributed by atoms with Crippen LogP contribution in [0.15, 0.2) is 35.4 Å². The highest BCUT2D eigenvalue weighted by Crippen LogP contribution is 2.23. The highest BCUT2D eigenvalue weighted by molar-refractivity contribution is 5.62. The lowest BCUT2D eigenvalue weighted by Gasteiger charge is -2.10. The summed E-state index contributed by atoms with van der Waals surface area (Å²) in [5.74, 6) is -0.239. The molecule has 2 aromatic rings. The van der Waals surface area contributed by atoms with E-state index < -0.39 is 0 Å². The fourth-order valence-corrected chi connectivity index (χ4v) is 1.78. The van der Waals surface area contributed by atoms with Crippen molar-refractivity contribution in [2.24, 2.45) is 0 Å². The first-order chi connectivity index (χ1) is 8.09. The number of nitrogens with one attached hydrogen (secondary N) is 1. The van der Waals surface area contributed by atoms with Crippen LogP contribution in [0.3, 0.4) is 0 Å². The minimum Gasteiger partial charge on any atom is -0.313 e. The Balaban J connectivity index is 2.63. The van der Waals surface area contributed by atoms with Crippen molar-refractivity contribution in [1.29, 1.82) is 0 Å². The lowest BCUT2D eigenvalue weighted by atomic mass is 9.98. The molecule has 0 amide bonds. The van der Waals surface area contributed by atoms with Crippen molar-refractivity contribution < 1.29 is 4.39 Å². The minimum absolute atomic E-state index is 0.0625. The Morgan fingerprint density at radius 1 is 1.24 bits per heavy atom. The molecule has 17 heavy (non-hydrogen) atoms. The first-order valence-corrected chi connectivity index (χ1v) is 5.43. The average molecular weight is 232 g/mol. The topological polar surface area (TPSA) is 45.8 Å². The third kappa shape index (κ3) is 2.25. The Hall–Kier alpha value is -1.97. The molecule has 1 heterocycles. The number of rotatable bonds is 2. The predicted molar refractivity (Wildman–Crippen MR) is 64.3 cm³/mol. The van der Waals surface area contributed by atoms with Crippen molar-refractivity contribution in [1.82, 2.24) is 9.97 Å². The van der Waals surface area contributed by atoms with Crippen LogP contribution in [0.25, 0.3) is 11.3 Å². The van der Waals surface area contributed by atoms with Gasteiger partial charge in [-0.15, -0.1) is 0 Å². The van der Waals surface area contributed by atoms with Crippen LogP contribution in [0.1, 0.15) is 25.3 Å². The number of halogens is 1. The van der Waals surface area contributed by atoms with Crippen molar-refractivity contribution in [3.8, 4) is 11.3 Å². The van der Waals surface area contributed by atoms with Gasteiger partial charge in [-0.1, -0.05) is 13.8 Å². The Kier molecular flexibility index (Phi) is 3.04. The summed E-state index contributed by atoms with van der Waals surface area (Å²) in [6, 6.07) is 5.98. The largest absolute Gasteiger partial charge is 0.313 e. The monoisotopic (exact) mass is 232 g/mol. The molecule has 0 fully saturated rings. The van der Waals surface area contributed by atoms with Gasteiger partial charge in [0.1, 0.15) is 5.82 Å². The summed E-state index contributed by atoms with van der Waals surface area (Å²) < 4.78 is 12.9. The van der Waals surface area contributed by atoms with Crippen molar-refractivity contribution >= 4 is 0 Å². The normalized spacial score (nSPS) is 10.8. The maximum Gasteiger partial charge on any atom is 0.254 e. The number of nitrogens with zero attached hydrogens (tertiary/aromatic N) is 1. The van der Waals surface area contributed by atoms with Crippen molar-refractivity contribution in [3.05, 3.63) is 52.3 Å². The lowest BCUT2D eigenvalue weighted by molar-refractivity contribution is 0.628. The highest BCUT2D eigenvalue weighted by atomic mass is 19.1. The van der Waals surface area contributed by atoms with Crippen LogP contribution in [0.4, 0.5) is 4.39 Å². The molecule has 0 bridgehead atoms. The third-order valence-electron chi connectivity index (χ3n) is 2.58. The van der Waals surface area contributed by atoms with Gasteiger partial charge >= 0.3 is 0 Å². The zero-order valence-electron chi connectivity index (χ0n) is 9.70. The van der Waals surface area contributed by atoms with Gasteiger partial charge in [-0.2, -0.15) is 0 Å². The van der Waals surface area contributed by atoms with Gasteiger partial charge in [0.15, 0.2) is 0 Å². The number of benzene rings is 1. The molecule has 0 aliphatic carbocycles.